The van der Waals surface area contributed by atoms with Crippen molar-refractivity contribution < 1.29 is 18.7 Å². The van der Waals surface area contributed by atoms with E-state index in [0.717, 1.165) is 37.9 Å². The average Bonchev–Trinajstić information content (AvgIpc) is 3.34. The van der Waals surface area contributed by atoms with Crippen molar-refractivity contribution in [2.45, 2.75) is 50.4 Å². The first-order valence-electron chi connectivity index (χ1n) is 10.1. The number of nitrogens with zero attached hydrogens (tertiary/aromatic N) is 2. The lowest BCUT2D eigenvalue weighted by Crippen LogP contribution is -2.43. The first kappa shape index (κ1) is 20.7. The van der Waals surface area contributed by atoms with E-state index in [-0.39, 0.29) is 24.3 Å². The van der Waals surface area contributed by atoms with Gasteiger partial charge in [0.15, 0.2) is 11.7 Å². The van der Waals surface area contributed by atoms with Crippen LogP contribution in [0.5, 0.6) is 0 Å². The third kappa shape index (κ3) is 5.97. The van der Waals surface area contributed by atoms with E-state index in [1.165, 1.54) is 11.3 Å². The quantitative estimate of drug-likeness (QED) is 0.540. The Labute approximate surface area is 166 Å². The molecule has 1 atom stereocenters. The van der Waals surface area contributed by atoms with Crippen LogP contribution in [-0.4, -0.2) is 69.0 Å². The molecule has 1 saturated carbocycles. The number of carbonyl (C=O) groups excluding carboxylic acids is 1. The van der Waals surface area contributed by atoms with Gasteiger partial charge in [-0.15, -0.1) is 0 Å². The van der Waals surface area contributed by atoms with Crippen LogP contribution in [-0.2, 0) is 20.7 Å². The second kappa shape index (κ2) is 9.93. The molecule has 0 aromatic carbocycles. The zero-order valence-electron chi connectivity index (χ0n) is 16.9. The number of rotatable bonds is 7. The van der Waals surface area contributed by atoms with Crippen molar-refractivity contribution in [2.24, 2.45) is 4.99 Å². The highest BCUT2D eigenvalue weighted by atomic mass is 16.7. The van der Waals surface area contributed by atoms with Gasteiger partial charge in [-0.3, -0.25) is 4.79 Å². The van der Waals surface area contributed by atoms with Gasteiger partial charge in [-0.1, -0.05) is 6.42 Å². The maximum Gasteiger partial charge on any atom is 0.243 e. The number of ether oxygens (including phenoxy) is 2. The topological polar surface area (TPSA) is 88.3 Å². The number of nitrogens with one attached hydrogen (secondary N) is 2. The lowest BCUT2D eigenvalue weighted by atomic mass is 9.94. The SMILES string of the molecule is CN(C)C(=O)CN=C(NCCc1ccco1)NCC1COC2(CCCCC2)O1. The summed E-state index contributed by atoms with van der Waals surface area (Å²) in [5.41, 5.74) is 0. The molecule has 8 nitrogen and oxygen atoms in total. The lowest BCUT2D eigenvalue weighted by Gasteiger charge is -2.31. The predicted molar refractivity (Wildman–Crippen MR) is 106 cm³/mol. The van der Waals surface area contributed by atoms with Crippen molar-refractivity contribution in [1.82, 2.24) is 15.5 Å². The largest absolute Gasteiger partial charge is 0.469 e. The summed E-state index contributed by atoms with van der Waals surface area (Å²) in [7, 11) is 3.45. The van der Waals surface area contributed by atoms with Crippen molar-refractivity contribution in [3.8, 4) is 0 Å². The van der Waals surface area contributed by atoms with Gasteiger partial charge in [-0.25, -0.2) is 4.99 Å². The fourth-order valence-electron chi connectivity index (χ4n) is 3.50. The normalized spacial score (nSPS) is 21.6. The smallest absolute Gasteiger partial charge is 0.243 e. The third-order valence-corrected chi connectivity index (χ3v) is 5.14. The van der Waals surface area contributed by atoms with Gasteiger partial charge in [0.05, 0.1) is 12.9 Å². The number of aliphatic imine (C=N–C) groups is 1. The molecule has 1 amide bonds. The predicted octanol–water partition coefficient (Wildman–Crippen LogP) is 1.52. The Kier molecular flexibility index (Phi) is 7.33. The van der Waals surface area contributed by atoms with Crippen LogP contribution in [0, 0.1) is 0 Å². The van der Waals surface area contributed by atoms with Gasteiger partial charge < -0.3 is 29.4 Å². The number of carbonyl (C=O) groups is 1. The van der Waals surface area contributed by atoms with Crippen LogP contribution in [0.2, 0.25) is 0 Å². The molecular weight excluding hydrogens is 360 g/mol. The molecule has 1 aliphatic carbocycles. The number of furan rings is 1. The second-order valence-corrected chi connectivity index (χ2v) is 7.61. The Morgan fingerprint density at radius 2 is 2.11 bits per heavy atom. The van der Waals surface area contributed by atoms with Gasteiger partial charge in [0.1, 0.15) is 18.4 Å². The Bertz CT molecular complexity index is 639. The standard InChI is InChI=1S/C20H32N4O4/c1-24(2)18(25)14-23-19(21-11-8-16-7-6-12-26-16)22-13-17-15-27-20(28-17)9-4-3-5-10-20/h6-7,12,17H,3-5,8-11,13-15H2,1-2H3,(H2,21,22,23). The maximum absolute atomic E-state index is 11.9. The van der Waals surface area contributed by atoms with Gasteiger partial charge in [0.25, 0.3) is 0 Å². The molecular formula is C20H32N4O4. The van der Waals surface area contributed by atoms with E-state index < -0.39 is 0 Å². The third-order valence-electron chi connectivity index (χ3n) is 5.14. The van der Waals surface area contributed by atoms with Crippen LogP contribution >= 0.6 is 0 Å². The van der Waals surface area contributed by atoms with Crippen molar-refractivity contribution in [1.29, 1.82) is 0 Å². The number of amides is 1. The molecule has 8 heteroatoms. The summed E-state index contributed by atoms with van der Waals surface area (Å²) in [5.74, 6) is 1.07. The molecule has 28 heavy (non-hydrogen) atoms. The van der Waals surface area contributed by atoms with E-state index >= 15 is 0 Å². The molecule has 156 valence electrons. The summed E-state index contributed by atoms with van der Waals surface area (Å²) in [6.45, 7) is 1.92. The Morgan fingerprint density at radius 3 is 2.82 bits per heavy atom. The Hall–Kier alpha value is -2.06. The van der Waals surface area contributed by atoms with Gasteiger partial charge >= 0.3 is 0 Å². The number of guanidine groups is 1. The Balaban J connectivity index is 1.49. The first-order chi connectivity index (χ1) is 13.6. The zero-order valence-corrected chi connectivity index (χ0v) is 16.9. The Morgan fingerprint density at radius 1 is 1.29 bits per heavy atom. The van der Waals surface area contributed by atoms with Crippen LogP contribution in [0.25, 0.3) is 0 Å². The van der Waals surface area contributed by atoms with Crippen molar-refractivity contribution >= 4 is 11.9 Å². The molecule has 0 radical (unpaired) electrons. The van der Waals surface area contributed by atoms with E-state index in [1.807, 2.05) is 12.1 Å². The van der Waals surface area contributed by atoms with Gasteiger partial charge in [0, 0.05) is 46.4 Å². The summed E-state index contributed by atoms with van der Waals surface area (Å²) < 4.78 is 17.6. The summed E-state index contributed by atoms with van der Waals surface area (Å²) >= 11 is 0. The molecule has 2 heterocycles. The van der Waals surface area contributed by atoms with Gasteiger partial charge in [0.2, 0.25) is 5.91 Å². The van der Waals surface area contributed by atoms with Gasteiger partial charge in [-0.05, 0) is 25.0 Å². The molecule has 2 fully saturated rings. The minimum absolute atomic E-state index is 0.0141. The number of hydrogen-bond acceptors (Lipinski definition) is 5. The summed E-state index contributed by atoms with van der Waals surface area (Å²) in [6, 6.07) is 3.81. The molecule has 2 N–H and O–H groups in total. The van der Waals surface area contributed by atoms with E-state index in [1.54, 1.807) is 20.4 Å². The van der Waals surface area contributed by atoms with Crippen molar-refractivity contribution in [3.05, 3.63) is 24.2 Å². The number of hydrogen-bond donors (Lipinski definition) is 2. The average molecular weight is 393 g/mol. The lowest BCUT2D eigenvalue weighted by molar-refractivity contribution is -0.186. The monoisotopic (exact) mass is 392 g/mol. The summed E-state index contributed by atoms with van der Waals surface area (Å²) in [6.07, 6.45) is 7.92. The molecule has 3 rings (SSSR count). The van der Waals surface area contributed by atoms with Crippen molar-refractivity contribution in [3.63, 3.8) is 0 Å². The summed E-state index contributed by atoms with van der Waals surface area (Å²) in [4.78, 5) is 17.8. The van der Waals surface area contributed by atoms with Gasteiger partial charge in [-0.2, -0.15) is 0 Å². The van der Waals surface area contributed by atoms with E-state index in [2.05, 4.69) is 15.6 Å². The number of likely N-dealkylation sites (N-methyl/N-ethyl adjacent to an activating group) is 1. The van der Waals surface area contributed by atoms with Crippen LogP contribution in [0.1, 0.15) is 37.9 Å². The van der Waals surface area contributed by atoms with Crippen LogP contribution in [0.15, 0.2) is 27.8 Å². The minimum atomic E-state index is -0.379. The molecule has 1 unspecified atom stereocenters. The zero-order chi connectivity index (χ0) is 19.8. The maximum atomic E-state index is 11.9. The highest BCUT2D eigenvalue weighted by molar-refractivity contribution is 5.84. The highest BCUT2D eigenvalue weighted by Crippen LogP contribution is 2.37. The van der Waals surface area contributed by atoms with E-state index in [4.69, 9.17) is 13.9 Å². The molecule has 1 aromatic heterocycles. The fraction of sp³-hybridized carbons (Fsp3) is 0.700. The minimum Gasteiger partial charge on any atom is -0.469 e. The molecule has 2 aliphatic rings. The first-order valence-corrected chi connectivity index (χ1v) is 10.1. The fourth-order valence-corrected chi connectivity index (χ4v) is 3.50. The molecule has 1 aliphatic heterocycles. The molecule has 1 saturated heterocycles. The highest BCUT2D eigenvalue weighted by Gasteiger charge is 2.42. The van der Waals surface area contributed by atoms with Crippen LogP contribution < -0.4 is 10.6 Å². The second-order valence-electron chi connectivity index (χ2n) is 7.61. The van der Waals surface area contributed by atoms with Crippen LogP contribution in [0.3, 0.4) is 0 Å². The summed E-state index contributed by atoms with van der Waals surface area (Å²) in [5, 5.41) is 6.55. The molecule has 1 aromatic rings. The molecule has 1 spiro atoms. The van der Waals surface area contributed by atoms with E-state index in [9.17, 15) is 4.79 Å². The van der Waals surface area contributed by atoms with Crippen LogP contribution in [0.4, 0.5) is 0 Å². The van der Waals surface area contributed by atoms with Crippen molar-refractivity contribution in [2.75, 3.05) is 40.3 Å². The molecule has 0 bridgehead atoms. The van der Waals surface area contributed by atoms with E-state index in [0.29, 0.717) is 25.7 Å².